The van der Waals surface area contributed by atoms with Gasteiger partial charge in [0.25, 0.3) is 0 Å². The summed E-state index contributed by atoms with van der Waals surface area (Å²) in [5, 5.41) is 3.46. The van der Waals surface area contributed by atoms with E-state index in [4.69, 9.17) is 0 Å². The van der Waals surface area contributed by atoms with Crippen LogP contribution in [-0.2, 0) is 9.84 Å². The lowest BCUT2D eigenvalue weighted by Gasteiger charge is -2.20. The number of nitrogens with one attached hydrogen (secondary N) is 1. The predicted molar refractivity (Wildman–Crippen MR) is 68.4 cm³/mol. The lowest BCUT2D eigenvalue weighted by atomic mass is 10.00. The highest BCUT2D eigenvalue weighted by Crippen LogP contribution is 2.27. The van der Waals surface area contributed by atoms with Gasteiger partial charge >= 0.3 is 0 Å². The molecule has 0 heterocycles. The van der Waals surface area contributed by atoms with Crippen molar-refractivity contribution in [2.75, 3.05) is 18.1 Å². The molecule has 1 saturated carbocycles. The number of sulfone groups is 1. The molecule has 1 fully saturated rings. The summed E-state index contributed by atoms with van der Waals surface area (Å²) in [6.45, 7) is 4.77. The molecule has 4 heteroatoms. The van der Waals surface area contributed by atoms with Gasteiger partial charge in [0.15, 0.2) is 0 Å². The maximum atomic E-state index is 11.3. The lowest BCUT2D eigenvalue weighted by molar-refractivity contribution is 0.382. The van der Waals surface area contributed by atoms with Gasteiger partial charge in [0.05, 0.1) is 5.75 Å². The van der Waals surface area contributed by atoms with Gasteiger partial charge in [0.2, 0.25) is 0 Å². The van der Waals surface area contributed by atoms with Crippen molar-refractivity contribution in [3.8, 4) is 0 Å². The molecular weight excluding hydrogens is 222 g/mol. The van der Waals surface area contributed by atoms with Crippen molar-refractivity contribution in [1.29, 1.82) is 0 Å². The molecule has 1 N–H and O–H groups in total. The molecule has 0 spiro atoms. The van der Waals surface area contributed by atoms with E-state index in [0.29, 0.717) is 11.8 Å². The molecule has 0 aromatic heterocycles. The summed E-state index contributed by atoms with van der Waals surface area (Å²) in [5.41, 5.74) is 0. The summed E-state index contributed by atoms with van der Waals surface area (Å²) in [5.74, 6) is 1.40. The molecule has 0 amide bonds. The van der Waals surface area contributed by atoms with E-state index in [0.717, 1.165) is 18.9 Å². The molecular formula is C12H25NO2S. The molecule has 1 atom stereocenters. The van der Waals surface area contributed by atoms with E-state index in [-0.39, 0.29) is 5.75 Å². The van der Waals surface area contributed by atoms with Gasteiger partial charge in [-0.05, 0) is 38.6 Å². The fraction of sp³-hybridized carbons (Fsp3) is 1.00. The van der Waals surface area contributed by atoms with Crippen LogP contribution in [0.1, 0.15) is 46.0 Å². The van der Waals surface area contributed by atoms with Crippen molar-refractivity contribution in [2.24, 2.45) is 5.92 Å². The van der Waals surface area contributed by atoms with Crippen molar-refractivity contribution < 1.29 is 8.42 Å². The van der Waals surface area contributed by atoms with Crippen LogP contribution in [0, 0.1) is 5.92 Å². The van der Waals surface area contributed by atoms with E-state index in [9.17, 15) is 8.42 Å². The number of hydrogen-bond donors (Lipinski definition) is 1. The Balaban J connectivity index is 2.11. The summed E-state index contributed by atoms with van der Waals surface area (Å²) < 4.78 is 22.5. The first-order valence-corrected chi connectivity index (χ1v) is 8.31. The Morgan fingerprint density at radius 1 is 1.31 bits per heavy atom. The van der Waals surface area contributed by atoms with Crippen molar-refractivity contribution in [2.45, 2.75) is 52.0 Å². The third kappa shape index (κ3) is 4.83. The van der Waals surface area contributed by atoms with Crippen LogP contribution in [0.4, 0.5) is 0 Å². The average Bonchev–Trinajstić information content (AvgIpc) is 2.77. The molecule has 0 bridgehead atoms. The second kappa shape index (κ2) is 6.60. The van der Waals surface area contributed by atoms with Crippen molar-refractivity contribution >= 4 is 9.84 Å². The monoisotopic (exact) mass is 247 g/mol. The summed E-state index contributed by atoms with van der Waals surface area (Å²) >= 11 is 0. The molecule has 1 unspecified atom stereocenters. The van der Waals surface area contributed by atoms with E-state index < -0.39 is 9.84 Å². The maximum absolute atomic E-state index is 11.3. The lowest BCUT2D eigenvalue weighted by Crippen LogP contribution is -2.33. The smallest absolute Gasteiger partial charge is 0.150 e. The first-order valence-electron chi connectivity index (χ1n) is 6.49. The molecule has 1 aliphatic carbocycles. The Kier molecular flexibility index (Phi) is 5.76. The Hall–Kier alpha value is -0.0900. The summed E-state index contributed by atoms with van der Waals surface area (Å²) in [6.07, 6.45) is 6.14. The van der Waals surface area contributed by atoms with Crippen LogP contribution in [0.5, 0.6) is 0 Å². The topological polar surface area (TPSA) is 46.2 Å². The first-order chi connectivity index (χ1) is 7.55. The third-order valence-corrected chi connectivity index (χ3v) is 5.44. The molecule has 0 saturated heterocycles. The molecule has 0 aliphatic heterocycles. The van der Waals surface area contributed by atoms with Crippen LogP contribution in [0.15, 0.2) is 0 Å². The SMILES string of the molecule is CCS(=O)(=O)CCCNC(C)C1CCCC1. The largest absolute Gasteiger partial charge is 0.314 e. The second-order valence-corrected chi connectivity index (χ2v) is 7.35. The standard InChI is InChI=1S/C12H25NO2S/c1-3-16(14,15)10-6-9-13-11(2)12-7-4-5-8-12/h11-13H,3-10H2,1-2H3. The molecule has 96 valence electrons. The highest BCUT2D eigenvalue weighted by Gasteiger charge is 2.20. The van der Waals surface area contributed by atoms with Crippen molar-refractivity contribution in [1.82, 2.24) is 5.32 Å². The van der Waals surface area contributed by atoms with Gasteiger partial charge in [-0.2, -0.15) is 0 Å². The zero-order valence-corrected chi connectivity index (χ0v) is 11.4. The third-order valence-electron chi connectivity index (χ3n) is 3.65. The van der Waals surface area contributed by atoms with Crippen LogP contribution < -0.4 is 5.32 Å². The minimum Gasteiger partial charge on any atom is -0.314 e. The van der Waals surface area contributed by atoms with Crippen LogP contribution in [0.25, 0.3) is 0 Å². The van der Waals surface area contributed by atoms with E-state index in [1.54, 1.807) is 6.92 Å². The second-order valence-electron chi connectivity index (χ2n) is 4.88. The molecule has 0 aromatic carbocycles. The first kappa shape index (κ1) is 14.0. The summed E-state index contributed by atoms with van der Waals surface area (Å²) in [7, 11) is -2.78. The Labute approximate surface area is 99.9 Å². The maximum Gasteiger partial charge on any atom is 0.150 e. The van der Waals surface area contributed by atoms with Gasteiger partial charge in [0, 0.05) is 11.8 Å². The van der Waals surface area contributed by atoms with Crippen molar-refractivity contribution in [3.05, 3.63) is 0 Å². The van der Waals surface area contributed by atoms with Gasteiger partial charge in [0.1, 0.15) is 9.84 Å². The number of rotatable bonds is 7. The number of hydrogen-bond acceptors (Lipinski definition) is 3. The summed E-state index contributed by atoms with van der Waals surface area (Å²) in [4.78, 5) is 0. The fourth-order valence-corrected chi connectivity index (χ4v) is 3.26. The zero-order valence-electron chi connectivity index (χ0n) is 10.5. The van der Waals surface area contributed by atoms with E-state index in [1.165, 1.54) is 25.7 Å². The van der Waals surface area contributed by atoms with Crippen LogP contribution in [-0.4, -0.2) is 32.5 Å². The highest BCUT2D eigenvalue weighted by atomic mass is 32.2. The van der Waals surface area contributed by atoms with Gasteiger partial charge in [-0.1, -0.05) is 19.8 Å². The molecule has 1 aliphatic rings. The molecule has 3 nitrogen and oxygen atoms in total. The zero-order chi connectivity index (χ0) is 12.0. The quantitative estimate of drug-likeness (QED) is 0.700. The normalized spacial score (nSPS) is 20.1. The fourth-order valence-electron chi connectivity index (χ4n) is 2.39. The van der Waals surface area contributed by atoms with Gasteiger partial charge < -0.3 is 5.32 Å². The van der Waals surface area contributed by atoms with Crippen LogP contribution in [0.2, 0.25) is 0 Å². The van der Waals surface area contributed by atoms with Crippen LogP contribution in [0.3, 0.4) is 0 Å². The minimum absolute atomic E-state index is 0.269. The van der Waals surface area contributed by atoms with Gasteiger partial charge in [-0.3, -0.25) is 0 Å². The van der Waals surface area contributed by atoms with Crippen LogP contribution >= 0.6 is 0 Å². The van der Waals surface area contributed by atoms with E-state index in [2.05, 4.69) is 12.2 Å². The Morgan fingerprint density at radius 2 is 1.94 bits per heavy atom. The van der Waals surface area contributed by atoms with E-state index in [1.807, 2.05) is 0 Å². The van der Waals surface area contributed by atoms with E-state index >= 15 is 0 Å². The molecule has 0 radical (unpaired) electrons. The van der Waals surface area contributed by atoms with Crippen molar-refractivity contribution in [3.63, 3.8) is 0 Å². The average molecular weight is 247 g/mol. The Bertz CT molecular complexity index is 281. The minimum atomic E-state index is -2.78. The van der Waals surface area contributed by atoms with Gasteiger partial charge in [-0.15, -0.1) is 0 Å². The van der Waals surface area contributed by atoms with Gasteiger partial charge in [-0.25, -0.2) is 8.42 Å². The molecule has 1 rings (SSSR count). The predicted octanol–water partition coefficient (Wildman–Crippen LogP) is 1.98. The summed E-state index contributed by atoms with van der Waals surface area (Å²) in [6, 6.07) is 0.548. The molecule has 16 heavy (non-hydrogen) atoms. The molecule has 0 aromatic rings. The Morgan fingerprint density at radius 3 is 2.50 bits per heavy atom. The highest BCUT2D eigenvalue weighted by molar-refractivity contribution is 7.91.